The van der Waals surface area contributed by atoms with E-state index in [-0.39, 0.29) is 12.4 Å². The van der Waals surface area contributed by atoms with Gasteiger partial charge in [-0.05, 0) is 0 Å². The van der Waals surface area contributed by atoms with Gasteiger partial charge in [-0.1, -0.05) is 0 Å². The molecule has 4 nitrogen and oxygen atoms in total. The number of alkyl halides is 3. The van der Waals surface area contributed by atoms with Gasteiger partial charge in [0.15, 0.2) is 5.82 Å². The van der Waals surface area contributed by atoms with E-state index < -0.39 is 12.8 Å². The van der Waals surface area contributed by atoms with Crippen LogP contribution in [0.2, 0.25) is 0 Å². The second-order valence-corrected chi connectivity index (χ2v) is 2.54. The molecule has 0 fully saturated rings. The fourth-order valence-electron chi connectivity index (χ4n) is 0.697. The van der Waals surface area contributed by atoms with Crippen LogP contribution in [-0.2, 0) is 11.3 Å². The minimum absolute atomic E-state index is 0.170. The third-order valence-corrected chi connectivity index (χ3v) is 1.22. The Morgan fingerprint density at radius 2 is 1.86 bits per heavy atom. The summed E-state index contributed by atoms with van der Waals surface area (Å²) in [4.78, 5) is 7.34. The number of hydrogen-bond donors (Lipinski definition) is 1. The molecule has 1 heterocycles. The average Bonchev–Trinajstić information content (AvgIpc) is 2.06. The van der Waals surface area contributed by atoms with Crippen LogP contribution in [0.1, 0.15) is 5.82 Å². The Morgan fingerprint density at radius 3 is 2.36 bits per heavy atom. The molecule has 0 aliphatic rings. The maximum absolute atomic E-state index is 11.6. The molecule has 78 valence electrons. The molecule has 0 atom stereocenters. The van der Waals surface area contributed by atoms with Gasteiger partial charge in [-0.25, -0.2) is 9.97 Å². The van der Waals surface area contributed by atoms with Crippen LogP contribution >= 0.6 is 0 Å². The molecule has 0 saturated carbocycles. The summed E-state index contributed by atoms with van der Waals surface area (Å²) in [6, 6.07) is 0. The van der Waals surface area contributed by atoms with Gasteiger partial charge in [0.05, 0.1) is 18.1 Å². The van der Waals surface area contributed by atoms with E-state index in [9.17, 15) is 13.2 Å². The molecule has 14 heavy (non-hydrogen) atoms. The number of ether oxygens (including phenoxy) is 1. The summed E-state index contributed by atoms with van der Waals surface area (Å²) in [5, 5.41) is 0. The Morgan fingerprint density at radius 1 is 1.29 bits per heavy atom. The Kier molecular flexibility index (Phi) is 3.23. The van der Waals surface area contributed by atoms with Crippen molar-refractivity contribution in [3.05, 3.63) is 18.2 Å². The summed E-state index contributed by atoms with van der Waals surface area (Å²) in [5.74, 6) is 0.170. The fraction of sp³-hybridized carbons (Fsp3) is 0.429. The number of aromatic nitrogens is 2. The fourth-order valence-corrected chi connectivity index (χ4v) is 0.697. The SMILES string of the molecule is Nc1cnc(COCC(F)(F)F)nc1. The van der Waals surface area contributed by atoms with Crippen LogP contribution in [0.4, 0.5) is 18.9 Å². The number of hydrogen-bond acceptors (Lipinski definition) is 4. The third kappa shape index (κ3) is 4.04. The lowest BCUT2D eigenvalue weighted by molar-refractivity contribution is -0.177. The lowest BCUT2D eigenvalue weighted by atomic mass is 10.5. The van der Waals surface area contributed by atoms with Crippen molar-refractivity contribution in [2.24, 2.45) is 0 Å². The summed E-state index contributed by atoms with van der Waals surface area (Å²) in [7, 11) is 0. The van der Waals surface area contributed by atoms with Gasteiger partial charge in [-0.15, -0.1) is 0 Å². The van der Waals surface area contributed by atoms with Crippen molar-refractivity contribution in [1.82, 2.24) is 9.97 Å². The van der Waals surface area contributed by atoms with Gasteiger partial charge in [0.25, 0.3) is 0 Å². The predicted octanol–water partition coefficient (Wildman–Crippen LogP) is 1.14. The highest BCUT2D eigenvalue weighted by atomic mass is 19.4. The second kappa shape index (κ2) is 4.23. The molecule has 2 N–H and O–H groups in total. The summed E-state index contributed by atoms with van der Waals surface area (Å²) in [6.07, 6.45) is -1.72. The molecule has 0 aliphatic carbocycles. The quantitative estimate of drug-likeness (QED) is 0.807. The molecule has 0 amide bonds. The Hall–Kier alpha value is -1.37. The molecular weight excluding hydrogens is 199 g/mol. The minimum atomic E-state index is -4.33. The predicted molar refractivity (Wildman–Crippen MR) is 42.2 cm³/mol. The van der Waals surface area contributed by atoms with Gasteiger partial charge >= 0.3 is 6.18 Å². The molecular formula is C7H8F3N3O. The molecule has 1 aromatic heterocycles. The molecule has 0 spiro atoms. The van der Waals surface area contributed by atoms with Crippen molar-refractivity contribution >= 4 is 5.69 Å². The zero-order valence-electron chi connectivity index (χ0n) is 7.08. The Balaban J connectivity index is 2.35. The van der Waals surface area contributed by atoms with E-state index in [1.54, 1.807) is 0 Å². The summed E-state index contributed by atoms with van der Waals surface area (Å²) in [5.41, 5.74) is 5.63. The number of rotatable bonds is 3. The zero-order chi connectivity index (χ0) is 10.6. The van der Waals surface area contributed by atoms with Crippen LogP contribution in [0.15, 0.2) is 12.4 Å². The first-order valence-electron chi connectivity index (χ1n) is 3.68. The first-order valence-corrected chi connectivity index (χ1v) is 3.68. The third-order valence-electron chi connectivity index (χ3n) is 1.22. The van der Waals surface area contributed by atoms with Gasteiger partial charge in [0.2, 0.25) is 0 Å². The summed E-state index contributed by atoms with van der Waals surface area (Å²) in [6.45, 7) is -1.58. The summed E-state index contributed by atoms with van der Waals surface area (Å²) < 4.78 is 39.2. The smallest absolute Gasteiger partial charge is 0.396 e. The molecule has 0 aromatic carbocycles. The monoisotopic (exact) mass is 207 g/mol. The van der Waals surface area contributed by atoms with Crippen molar-refractivity contribution in [1.29, 1.82) is 0 Å². The van der Waals surface area contributed by atoms with E-state index in [1.165, 1.54) is 12.4 Å². The van der Waals surface area contributed by atoms with E-state index in [0.29, 0.717) is 5.69 Å². The van der Waals surface area contributed by atoms with Crippen LogP contribution < -0.4 is 5.73 Å². The van der Waals surface area contributed by atoms with Gasteiger partial charge < -0.3 is 10.5 Å². The van der Waals surface area contributed by atoms with E-state index in [0.717, 1.165) is 0 Å². The summed E-state index contributed by atoms with van der Waals surface area (Å²) >= 11 is 0. The molecule has 0 bridgehead atoms. The standard InChI is InChI=1S/C7H8F3N3O/c8-7(9,10)4-14-3-6-12-1-5(11)2-13-6/h1-2H,3-4,11H2. The van der Waals surface area contributed by atoms with Crippen LogP contribution in [0.3, 0.4) is 0 Å². The highest BCUT2D eigenvalue weighted by molar-refractivity contribution is 5.29. The first-order chi connectivity index (χ1) is 6.47. The number of anilines is 1. The lowest BCUT2D eigenvalue weighted by Crippen LogP contribution is -2.17. The molecule has 0 saturated heterocycles. The Labute approximate surface area is 77.9 Å². The topological polar surface area (TPSA) is 61.0 Å². The lowest BCUT2D eigenvalue weighted by Gasteiger charge is -2.06. The highest BCUT2D eigenvalue weighted by Gasteiger charge is 2.27. The van der Waals surface area contributed by atoms with E-state index in [4.69, 9.17) is 5.73 Å². The van der Waals surface area contributed by atoms with Crippen LogP contribution in [-0.4, -0.2) is 22.8 Å². The highest BCUT2D eigenvalue weighted by Crippen LogP contribution is 2.14. The molecule has 0 aliphatic heterocycles. The van der Waals surface area contributed by atoms with E-state index in [2.05, 4.69) is 14.7 Å². The molecule has 1 rings (SSSR count). The Bertz CT molecular complexity index is 285. The molecule has 1 aromatic rings. The van der Waals surface area contributed by atoms with Crippen LogP contribution in [0.25, 0.3) is 0 Å². The first kappa shape index (κ1) is 10.7. The average molecular weight is 207 g/mol. The maximum atomic E-state index is 11.6. The van der Waals surface area contributed by atoms with Gasteiger partial charge in [0, 0.05) is 0 Å². The number of nitrogens with two attached hydrogens (primary N) is 1. The van der Waals surface area contributed by atoms with Crippen LogP contribution in [0.5, 0.6) is 0 Å². The van der Waals surface area contributed by atoms with Gasteiger partial charge in [-0.3, -0.25) is 0 Å². The van der Waals surface area contributed by atoms with Gasteiger partial charge in [0.1, 0.15) is 13.2 Å². The second-order valence-electron chi connectivity index (χ2n) is 2.54. The van der Waals surface area contributed by atoms with E-state index >= 15 is 0 Å². The van der Waals surface area contributed by atoms with Crippen molar-refractivity contribution in [2.45, 2.75) is 12.8 Å². The minimum Gasteiger partial charge on any atom is -0.396 e. The van der Waals surface area contributed by atoms with Crippen molar-refractivity contribution in [3.63, 3.8) is 0 Å². The number of nitrogens with zero attached hydrogens (tertiary/aromatic N) is 2. The largest absolute Gasteiger partial charge is 0.411 e. The molecule has 0 radical (unpaired) electrons. The number of halogens is 3. The van der Waals surface area contributed by atoms with Crippen molar-refractivity contribution in [2.75, 3.05) is 12.3 Å². The molecule has 0 unspecified atom stereocenters. The normalized spacial score (nSPS) is 11.6. The maximum Gasteiger partial charge on any atom is 0.411 e. The molecule has 7 heteroatoms. The number of nitrogen functional groups attached to an aromatic ring is 1. The van der Waals surface area contributed by atoms with Crippen molar-refractivity contribution in [3.8, 4) is 0 Å². The van der Waals surface area contributed by atoms with Gasteiger partial charge in [-0.2, -0.15) is 13.2 Å². The van der Waals surface area contributed by atoms with Crippen LogP contribution in [0, 0.1) is 0 Å². The van der Waals surface area contributed by atoms with Crippen molar-refractivity contribution < 1.29 is 17.9 Å². The zero-order valence-corrected chi connectivity index (χ0v) is 7.08. The van der Waals surface area contributed by atoms with E-state index in [1.807, 2.05) is 0 Å².